The Morgan fingerprint density at radius 3 is 1.67 bits per heavy atom. The summed E-state index contributed by atoms with van der Waals surface area (Å²) in [6.45, 7) is 3.89. The van der Waals surface area contributed by atoms with Crippen LogP contribution in [0.5, 0.6) is 5.75 Å². The standard InChI is InChI=1S/C38H33FN2O2/c1-27(2)38(43,32-20-23-35(42)34(24-32)28-18-21-33(39)22-19-28)36-25-41(26-40-36)37(29-12-6-3-7-13-29,30-14-8-4-9-15-30)31-16-10-5-11-17-31/h3-27,42-43H,1-2H3. The SMILES string of the molecule is CC(C)C(O)(c1ccc(O)c(-c2ccc(F)cc2)c1)c1cn(C(c2ccccc2)(c2ccccc2)c2ccccc2)cn1. The number of halogens is 1. The maximum absolute atomic E-state index is 13.7. The van der Waals surface area contributed by atoms with Gasteiger partial charge in [-0.3, -0.25) is 0 Å². The summed E-state index contributed by atoms with van der Waals surface area (Å²) < 4.78 is 15.7. The van der Waals surface area contributed by atoms with Gasteiger partial charge in [-0.1, -0.05) is 123 Å². The maximum atomic E-state index is 13.7. The van der Waals surface area contributed by atoms with Gasteiger partial charge in [0, 0.05) is 11.8 Å². The Kier molecular flexibility index (Phi) is 7.43. The molecule has 0 saturated heterocycles. The molecule has 0 aliphatic rings. The first kappa shape index (κ1) is 28.1. The van der Waals surface area contributed by atoms with Crippen LogP contribution in [-0.2, 0) is 11.1 Å². The molecule has 0 amide bonds. The number of aromatic nitrogens is 2. The molecule has 2 N–H and O–H groups in total. The highest BCUT2D eigenvalue weighted by molar-refractivity contribution is 5.71. The summed E-state index contributed by atoms with van der Waals surface area (Å²) in [5.41, 5.74) is 3.08. The van der Waals surface area contributed by atoms with E-state index >= 15 is 0 Å². The maximum Gasteiger partial charge on any atom is 0.135 e. The molecule has 0 saturated carbocycles. The summed E-state index contributed by atoms with van der Waals surface area (Å²) in [6.07, 6.45) is 3.72. The van der Waals surface area contributed by atoms with Crippen molar-refractivity contribution in [2.24, 2.45) is 5.92 Å². The molecule has 5 aromatic carbocycles. The molecule has 43 heavy (non-hydrogen) atoms. The lowest BCUT2D eigenvalue weighted by Crippen LogP contribution is -2.37. The molecule has 1 heterocycles. The van der Waals surface area contributed by atoms with Crippen molar-refractivity contribution in [3.63, 3.8) is 0 Å². The average Bonchev–Trinajstić information content (AvgIpc) is 3.54. The Morgan fingerprint density at radius 1 is 0.674 bits per heavy atom. The molecule has 0 bridgehead atoms. The molecule has 5 heteroatoms. The van der Waals surface area contributed by atoms with E-state index in [2.05, 4.69) is 41.0 Å². The Morgan fingerprint density at radius 2 is 1.19 bits per heavy atom. The Hall–Kier alpha value is -5.00. The van der Waals surface area contributed by atoms with Crippen LogP contribution in [0.1, 0.15) is 41.8 Å². The van der Waals surface area contributed by atoms with E-state index in [1.165, 1.54) is 12.1 Å². The van der Waals surface area contributed by atoms with Crippen LogP contribution < -0.4 is 0 Å². The highest BCUT2D eigenvalue weighted by Crippen LogP contribution is 2.44. The normalized spacial score (nSPS) is 13.1. The van der Waals surface area contributed by atoms with Crippen molar-refractivity contribution in [1.29, 1.82) is 0 Å². The van der Waals surface area contributed by atoms with Gasteiger partial charge in [-0.25, -0.2) is 9.37 Å². The van der Waals surface area contributed by atoms with Gasteiger partial charge in [-0.05, 0) is 58.0 Å². The van der Waals surface area contributed by atoms with E-state index in [9.17, 15) is 14.6 Å². The van der Waals surface area contributed by atoms with Gasteiger partial charge >= 0.3 is 0 Å². The second-order valence-corrected chi connectivity index (χ2v) is 11.1. The van der Waals surface area contributed by atoms with Gasteiger partial charge in [-0.2, -0.15) is 0 Å². The summed E-state index contributed by atoms with van der Waals surface area (Å²) in [5.74, 6) is -0.591. The Balaban J connectivity index is 1.57. The number of hydrogen-bond donors (Lipinski definition) is 2. The lowest BCUT2D eigenvalue weighted by Gasteiger charge is -2.37. The number of imidazole rings is 1. The van der Waals surface area contributed by atoms with Gasteiger partial charge < -0.3 is 14.8 Å². The van der Waals surface area contributed by atoms with E-state index in [-0.39, 0.29) is 17.5 Å². The van der Waals surface area contributed by atoms with Crippen LogP contribution in [0.4, 0.5) is 4.39 Å². The van der Waals surface area contributed by atoms with Crippen molar-refractivity contribution in [3.8, 4) is 16.9 Å². The molecule has 0 spiro atoms. The van der Waals surface area contributed by atoms with E-state index in [4.69, 9.17) is 4.98 Å². The number of rotatable bonds is 8. The van der Waals surface area contributed by atoms with Crippen LogP contribution in [0.15, 0.2) is 146 Å². The quantitative estimate of drug-likeness (QED) is 0.182. The molecule has 6 aromatic rings. The average molecular weight is 569 g/mol. The summed E-state index contributed by atoms with van der Waals surface area (Å²) >= 11 is 0. The van der Waals surface area contributed by atoms with Gasteiger partial charge in [0.05, 0.1) is 12.0 Å². The first-order valence-corrected chi connectivity index (χ1v) is 14.4. The minimum atomic E-state index is -1.50. The van der Waals surface area contributed by atoms with E-state index in [1.807, 2.05) is 74.6 Å². The minimum absolute atomic E-state index is 0.0447. The van der Waals surface area contributed by atoms with Crippen molar-refractivity contribution < 1.29 is 14.6 Å². The fraction of sp³-hybridized carbons (Fsp3) is 0.132. The Labute approximate surface area is 251 Å². The van der Waals surface area contributed by atoms with Crippen molar-refractivity contribution in [3.05, 3.63) is 180 Å². The van der Waals surface area contributed by atoms with Gasteiger partial charge in [0.1, 0.15) is 22.7 Å². The summed E-state index contributed by atoms with van der Waals surface area (Å²) in [4.78, 5) is 4.87. The van der Waals surface area contributed by atoms with Crippen molar-refractivity contribution >= 4 is 0 Å². The lowest BCUT2D eigenvalue weighted by molar-refractivity contribution is 0.0278. The van der Waals surface area contributed by atoms with Crippen LogP contribution in [0.25, 0.3) is 11.1 Å². The molecular weight excluding hydrogens is 535 g/mol. The molecule has 214 valence electrons. The third-order valence-corrected chi connectivity index (χ3v) is 8.36. The molecule has 0 aliphatic heterocycles. The molecule has 0 fully saturated rings. The second-order valence-electron chi connectivity index (χ2n) is 11.1. The van der Waals surface area contributed by atoms with Crippen LogP contribution in [0, 0.1) is 11.7 Å². The van der Waals surface area contributed by atoms with Crippen LogP contribution in [0.3, 0.4) is 0 Å². The summed E-state index contributed by atoms with van der Waals surface area (Å²) in [7, 11) is 0. The number of aromatic hydroxyl groups is 1. The van der Waals surface area contributed by atoms with Gasteiger partial charge in [0.2, 0.25) is 0 Å². The van der Waals surface area contributed by atoms with Crippen molar-refractivity contribution in [1.82, 2.24) is 9.55 Å². The van der Waals surface area contributed by atoms with Crippen LogP contribution in [-0.4, -0.2) is 19.8 Å². The van der Waals surface area contributed by atoms with Crippen LogP contribution >= 0.6 is 0 Å². The zero-order valence-electron chi connectivity index (χ0n) is 24.1. The van der Waals surface area contributed by atoms with E-state index < -0.39 is 11.1 Å². The topological polar surface area (TPSA) is 58.3 Å². The Bertz CT molecular complexity index is 1720. The predicted octanol–water partition coefficient (Wildman–Crippen LogP) is 8.13. The van der Waals surface area contributed by atoms with E-state index in [0.717, 1.165) is 16.7 Å². The number of hydrogen-bond acceptors (Lipinski definition) is 3. The van der Waals surface area contributed by atoms with Gasteiger partial charge in [-0.15, -0.1) is 0 Å². The highest BCUT2D eigenvalue weighted by atomic mass is 19.1. The van der Waals surface area contributed by atoms with Crippen molar-refractivity contribution in [2.45, 2.75) is 25.0 Å². The predicted molar refractivity (Wildman–Crippen MR) is 168 cm³/mol. The molecule has 1 atom stereocenters. The molecular formula is C38H33FN2O2. The van der Waals surface area contributed by atoms with Crippen molar-refractivity contribution in [2.75, 3.05) is 0 Å². The van der Waals surface area contributed by atoms with Crippen LogP contribution in [0.2, 0.25) is 0 Å². The molecule has 1 aromatic heterocycles. The summed E-state index contributed by atoms with van der Waals surface area (Å²) in [6, 6.07) is 41.9. The molecule has 4 nitrogen and oxygen atoms in total. The van der Waals surface area contributed by atoms with Gasteiger partial charge in [0.15, 0.2) is 0 Å². The van der Waals surface area contributed by atoms with Gasteiger partial charge in [0.25, 0.3) is 0 Å². The zero-order chi connectivity index (χ0) is 30.0. The fourth-order valence-electron chi connectivity index (χ4n) is 6.10. The second kappa shape index (κ2) is 11.3. The molecule has 0 aliphatic carbocycles. The third-order valence-electron chi connectivity index (χ3n) is 8.36. The molecule has 0 radical (unpaired) electrons. The molecule has 6 rings (SSSR count). The number of nitrogens with zero attached hydrogens (tertiary/aromatic N) is 2. The van der Waals surface area contributed by atoms with E-state index in [1.54, 1.807) is 36.7 Å². The number of phenols is 1. The fourth-order valence-corrected chi connectivity index (χ4v) is 6.10. The number of aliphatic hydroxyl groups is 1. The first-order chi connectivity index (χ1) is 20.8. The number of benzene rings is 5. The van der Waals surface area contributed by atoms with E-state index in [0.29, 0.717) is 22.4 Å². The number of phenolic OH excluding ortho intramolecular Hbond substituents is 1. The monoisotopic (exact) mass is 568 g/mol. The minimum Gasteiger partial charge on any atom is -0.507 e. The molecule has 1 unspecified atom stereocenters. The summed E-state index contributed by atoms with van der Waals surface area (Å²) in [5, 5.41) is 23.2. The smallest absolute Gasteiger partial charge is 0.135 e. The zero-order valence-corrected chi connectivity index (χ0v) is 24.1. The third kappa shape index (κ3) is 4.82. The lowest BCUT2D eigenvalue weighted by atomic mass is 9.76. The first-order valence-electron chi connectivity index (χ1n) is 14.4. The largest absolute Gasteiger partial charge is 0.507 e. The highest BCUT2D eigenvalue weighted by Gasteiger charge is 2.42.